The molecular formula is C20H20FN3O3. The van der Waals surface area contributed by atoms with Gasteiger partial charge in [-0.15, -0.1) is 0 Å². The maximum Gasteiger partial charge on any atom is 0.276 e. The molecule has 0 radical (unpaired) electrons. The van der Waals surface area contributed by atoms with Crippen molar-refractivity contribution in [1.82, 2.24) is 15.1 Å². The minimum absolute atomic E-state index is 0.176. The zero-order valence-electron chi connectivity index (χ0n) is 15.1. The Labute approximate surface area is 155 Å². The summed E-state index contributed by atoms with van der Waals surface area (Å²) < 4.78 is 20.6. The Hall–Kier alpha value is -3.22. The number of para-hydroxylation sites is 1. The van der Waals surface area contributed by atoms with E-state index in [9.17, 15) is 14.0 Å². The van der Waals surface area contributed by atoms with E-state index < -0.39 is 17.2 Å². The summed E-state index contributed by atoms with van der Waals surface area (Å²) in [6, 6.07) is 10.8. The van der Waals surface area contributed by atoms with Crippen LogP contribution in [-0.2, 0) is 6.42 Å². The van der Waals surface area contributed by atoms with Crippen molar-refractivity contribution in [3.05, 3.63) is 81.9 Å². The molecule has 0 aliphatic heterocycles. The fourth-order valence-corrected chi connectivity index (χ4v) is 2.75. The van der Waals surface area contributed by atoms with Crippen LogP contribution in [-0.4, -0.2) is 21.7 Å². The lowest BCUT2D eigenvalue weighted by molar-refractivity contribution is 0.0930. The van der Waals surface area contributed by atoms with Crippen LogP contribution in [0.5, 0.6) is 0 Å². The molecule has 7 heteroatoms. The highest BCUT2D eigenvalue weighted by Crippen LogP contribution is 2.13. The summed E-state index contributed by atoms with van der Waals surface area (Å²) in [4.78, 5) is 24.7. The van der Waals surface area contributed by atoms with Gasteiger partial charge in [0.15, 0.2) is 5.69 Å². The summed E-state index contributed by atoms with van der Waals surface area (Å²) in [6.07, 6.45) is 2.90. The molecule has 2 heterocycles. The molecule has 0 fully saturated rings. The number of hydrogen-bond acceptors (Lipinski definition) is 4. The Morgan fingerprint density at radius 2 is 2.07 bits per heavy atom. The number of carbonyl (C=O) groups excluding carboxylic acids is 1. The van der Waals surface area contributed by atoms with Crippen LogP contribution >= 0.6 is 0 Å². The predicted octanol–water partition coefficient (Wildman–Crippen LogP) is 3.02. The zero-order chi connectivity index (χ0) is 19.4. The number of amides is 1. The zero-order valence-corrected chi connectivity index (χ0v) is 15.1. The largest absolute Gasteiger partial charge is 0.469 e. The molecule has 140 valence electrons. The van der Waals surface area contributed by atoms with E-state index >= 15 is 0 Å². The first-order valence-corrected chi connectivity index (χ1v) is 8.65. The summed E-state index contributed by atoms with van der Waals surface area (Å²) in [5.41, 5.74) is -0.160. The predicted molar refractivity (Wildman–Crippen MR) is 98.5 cm³/mol. The lowest BCUT2D eigenvalue weighted by Gasteiger charge is -2.15. The molecule has 0 aliphatic carbocycles. The first kappa shape index (κ1) is 18.6. The molecule has 6 nitrogen and oxygen atoms in total. The molecule has 1 amide bonds. The van der Waals surface area contributed by atoms with Gasteiger partial charge in [-0.25, -0.2) is 9.07 Å². The SMILES string of the molecule is Cc1cc(=O)c(C(=O)N[C@H](C)CCc2ccco2)nn1-c1ccccc1F. The molecule has 0 spiro atoms. The third-order valence-corrected chi connectivity index (χ3v) is 4.18. The minimum Gasteiger partial charge on any atom is -0.469 e. The number of nitrogens with zero attached hydrogens (tertiary/aromatic N) is 2. The van der Waals surface area contributed by atoms with Gasteiger partial charge in [0.25, 0.3) is 5.91 Å². The van der Waals surface area contributed by atoms with E-state index in [1.54, 1.807) is 31.4 Å². The van der Waals surface area contributed by atoms with Crippen LogP contribution in [0.2, 0.25) is 0 Å². The van der Waals surface area contributed by atoms with E-state index in [4.69, 9.17) is 4.42 Å². The van der Waals surface area contributed by atoms with Gasteiger partial charge in [-0.05, 0) is 44.5 Å². The van der Waals surface area contributed by atoms with Crippen LogP contribution in [0.1, 0.15) is 35.3 Å². The number of rotatable bonds is 6. The second-order valence-corrected chi connectivity index (χ2v) is 6.35. The van der Waals surface area contributed by atoms with Crippen molar-refractivity contribution in [3.63, 3.8) is 0 Å². The summed E-state index contributed by atoms with van der Waals surface area (Å²) >= 11 is 0. The van der Waals surface area contributed by atoms with E-state index in [-0.39, 0.29) is 17.4 Å². The van der Waals surface area contributed by atoms with Crippen molar-refractivity contribution in [3.8, 4) is 5.69 Å². The van der Waals surface area contributed by atoms with E-state index in [0.29, 0.717) is 18.5 Å². The van der Waals surface area contributed by atoms with Crippen LogP contribution in [0.3, 0.4) is 0 Å². The summed E-state index contributed by atoms with van der Waals surface area (Å²) in [6.45, 7) is 3.47. The molecule has 1 atom stereocenters. The highest BCUT2D eigenvalue weighted by molar-refractivity contribution is 5.92. The van der Waals surface area contributed by atoms with Gasteiger partial charge in [0.1, 0.15) is 17.3 Å². The number of furan rings is 1. The van der Waals surface area contributed by atoms with Gasteiger partial charge in [-0.1, -0.05) is 12.1 Å². The Morgan fingerprint density at radius 1 is 1.30 bits per heavy atom. The maximum absolute atomic E-state index is 14.1. The number of hydrogen-bond donors (Lipinski definition) is 1. The van der Waals surface area contributed by atoms with Crippen molar-refractivity contribution in [2.45, 2.75) is 32.7 Å². The molecule has 3 rings (SSSR count). The normalized spacial score (nSPS) is 12.0. The molecule has 0 saturated carbocycles. The number of halogens is 1. The van der Waals surface area contributed by atoms with Crippen molar-refractivity contribution in [2.75, 3.05) is 0 Å². The lowest BCUT2D eigenvalue weighted by Crippen LogP contribution is -2.37. The highest BCUT2D eigenvalue weighted by atomic mass is 19.1. The molecule has 3 aromatic rings. The second-order valence-electron chi connectivity index (χ2n) is 6.35. The van der Waals surface area contributed by atoms with Gasteiger partial charge in [0.05, 0.1) is 6.26 Å². The monoisotopic (exact) mass is 369 g/mol. The Balaban J connectivity index is 1.79. The van der Waals surface area contributed by atoms with Crippen LogP contribution in [0, 0.1) is 12.7 Å². The smallest absolute Gasteiger partial charge is 0.276 e. The van der Waals surface area contributed by atoms with E-state index in [1.165, 1.54) is 22.9 Å². The summed E-state index contributed by atoms with van der Waals surface area (Å²) in [7, 11) is 0. The number of aryl methyl sites for hydroxylation is 2. The number of benzene rings is 1. The number of nitrogens with one attached hydrogen (secondary N) is 1. The Bertz CT molecular complexity index is 996. The molecule has 0 unspecified atom stereocenters. The molecule has 1 N–H and O–H groups in total. The quantitative estimate of drug-likeness (QED) is 0.725. The van der Waals surface area contributed by atoms with Gasteiger partial charge in [0, 0.05) is 24.2 Å². The van der Waals surface area contributed by atoms with Crippen molar-refractivity contribution in [1.29, 1.82) is 0 Å². The fraction of sp³-hybridized carbons (Fsp3) is 0.250. The Kier molecular flexibility index (Phi) is 5.49. The summed E-state index contributed by atoms with van der Waals surface area (Å²) in [5.74, 6) is -0.251. The first-order valence-electron chi connectivity index (χ1n) is 8.65. The van der Waals surface area contributed by atoms with Crippen LogP contribution in [0.25, 0.3) is 5.69 Å². The molecule has 0 saturated heterocycles. The summed E-state index contributed by atoms with van der Waals surface area (Å²) in [5, 5.41) is 6.86. The first-order chi connectivity index (χ1) is 13.0. The molecule has 27 heavy (non-hydrogen) atoms. The van der Waals surface area contributed by atoms with E-state index in [2.05, 4.69) is 10.4 Å². The molecule has 0 bridgehead atoms. The Morgan fingerprint density at radius 3 is 2.78 bits per heavy atom. The van der Waals surface area contributed by atoms with Crippen molar-refractivity contribution < 1.29 is 13.6 Å². The van der Waals surface area contributed by atoms with Gasteiger partial charge < -0.3 is 9.73 Å². The van der Waals surface area contributed by atoms with Crippen LogP contribution in [0.15, 0.2) is 57.9 Å². The molecule has 2 aromatic heterocycles. The van der Waals surface area contributed by atoms with Gasteiger partial charge in [-0.2, -0.15) is 5.10 Å². The minimum atomic E-state index is -0.586. The average Bonchev–Trinajstić information content (AvgIpc) is 3.14. The molecular weight excluding hydrogens is 349 g/mol. The number of carbonyl (C=O) groups is 1. The van der Waals surface area contributed by atoms with Gasteiger partial charge in [0.2, 0.25) is 5.43 Å². The lowest BCUT2D eigenvalue weighted by atomic mass is 10.1. The number of aromatic nitrogens is 2. The standard InChI is InChI=1S/C20H20FN3O3/c1-13(9-10-15-6-5-11-27-15)22-20(26)19-18(25)12-14(2)24(23-19)17-8-4-3-7-16(17)21/h3-8,11-13H,9-10H2,1-2H3,(H,22,26)/t13-/m1/s1. The highest BCUT2D eigenvalue weighted by Gasteiger charge is 2.18. The van der Waals surface area contributed by atoms with Gasteiger partial charge >= 0.3 is 0 Å². The van der Waals surface area contributed by atoms with Crippen molar-refractivity contribution >= 4 is 5.91 Å². The van der Waals surface area contributed by atoms with Crippen molar-refractivity contribution in [2.24, 2.45) is 0 Å². The third-order valence-electron chi connectivity index (χ3n) is 4.18. The van der Waals surface area contributed by atoms with Crippen LogP contribution < -0.4 is 10.7 Å². The average molecular weight is 369 g/mol. The second kappa shape index (κ2) is 7.99. The van der Waals surface area contributed by atoms with E-state index in [1.807, 2.05) is 13.0 Å². The third kappa shape index (κ3) is 4.31. The molecule has 1 aromatic carbocycles. The topological polar surface area (TPSA) is 77.1 Å². The van der Waals surface area contributed by atoms with Gasteiger partial charge in [-0.3, -0.25) is 9.59 Å². The maximum atomic E-state index is 14.1. The van der Waals surface area contributed by atoms with Crippen LogP contribution in [0.4, 0.5) is 4.39 Å². The molecule has 0 aliphatic rings. The van der Waals surface area contributed by atoms with E-state index in [0.717, 1.165) is 5.76 Å². The fourth-order valence-electron chi connectivity index (χ4n) is 2.75.